The number of para-hydroxylation sites is 1. The van der Waals surface area contributed by atoms with Gasteiger partial charge in [-0.3, -0.25) is 9.78 Å². The van der Waals surface area contributed by atoms with Gasteiger partial charge in [0, 0.05) is 53.2 Å². The molecular formula is C40H33FN4O3S2. The second-order valence-electron chi connectivity index (χ2n) is 11.5. The topological polar surface area (TPSA) is 86.7 Å². The molecule has 0 aliphatic heterocycles. The first-order valence-electron chi connectivity index (χ1n) is 15.8. The highest BCUT2D eigenvalue weighted by Gasteiger charge is 2.15. The van der Waals surface area contributed by atoms with Gasteiger partial charge in [-0.2, -0.15) is 0 Å². The molecule has 6 rings (SSSR count). The first-order valence-corrected chi connectivity index (χ1v) is 17.0. The number of aromatic nitrogens is 1. The molecule has 0 fully saturated rings. The Bertz CT molecular complexity index is 2190. The number of thiocarbonyl (C=S) groups is 1. The Morgan fingerprint density at radius 2 is 1.76 bits per heavy atom. The number of rotatable bonds is 11. The fourth-order valence-electron chi connectivity index (χ4n) is 5.47. The van der Waals surface area contributed by atoms with Crippen molar-refractivity contribution in [1.82, 2.24) is 10.3 Å². The molecule has 50 heavy (non-hydrogen) atoms. The van der Waals surface area contributed by atoms with E-state index in [1.165, 1.54) is 23.5 Å². The van der Waals surface area contributed by atoms with Crippen LogP contribution < -0.4 is 20.3 Å². The number of pyridine rings is 1. The molecule has 0 atom stereocenters. The van der Waals surface area contributed by atoms with Crippen LogP contribution in [-0.4, -0.2) is 34.3 Å². The number of ether oxygens (including phenoxy) is 1. The van der Waals surface area contributed by atoms with Gasteiger partial charge in [0.25, 0.3) is 0 Å². The van der Waals surface area contributed by atoms with Crippen LogP contribution in [0.4, 0.5) is 15.8 Å². The molecule has 0 radical (unpaired) electrons. The first kappa shape index (κ1) is 34.3. The third-order valence-electron chi connectivity index (χ3n) is 7.96. The highest BCUT2D eigenvalue weighted by Crippen LogP contribution is 2.40. The Hall–Kier alpha value is -5.60. The normalized spacial score (nSPS) is 10.8. The zero-order valence-corrected chi connectivity index (χ0v) is 28.8. The smallest absolute Gasteiger partial charge is 0.230 e. The number of nitrogens with one attached hydrogen (secondary N) is 2. The van der Waals surface area contributed by atoms with E-state index >= 15 is 4.39 Å². The molecule has 0 bridgehead atoms. The van der Waals surface area contributed by atoms with Crippen LogP contribution in [-0.2, 0) is 17.8 Å². The number of carbonyl (C=O) groups is 1. The third kappa shape index (κ3) is 8.33. The van der Waals surface area contributed by atoms with E-state index in [4.69, 9.17) is 23.4 Å². The van der Waals surface area contributed by atoms with Crippen LogP contribution in [0.1, 0.15) is 22.3 Å². The summed E-state index contributed by atoms with van der Waals surface area (Å²) < 4.78 is 22.1. The lowest BCUT2D eigenvalue weighted by Gasteiger charge is -2.26. The molecule has 4 aromatic carbocycles. The van der Waals surface area contributed by atoms with Crippen LogP contribution in [0.25, 0.3) is 20.7 Å². The van der Waals surface area contributed by atoms with Gasteiger partial charge in [0.1, 0.15) is 5.75 Å². The van der Waals surface area contributed by atoms with Crippen molar-refractivity contribution in [3.05, 3.63) is 137 Å². The van der Waals surface area contributed by atoms with Crippen molar-refractivity contribution in [3.8, 4) is 34.3 Å². The van der Waals surface area contributed by atoms with Gasteiger partial charge >= 0.3 is 0 Å². The average molecular weight is 701 g/mol. The summed E-state index contributed by atoms with van der Waals surface area (Å²) >= 11 is 6.78. The van der Waals surface area contributed by atoms with Gasteiger partial charge in [-0.15, -0.1) is 17.8 Å². The van der Waals surface area contributed by atoms with Crippen LogP contribution in [0.15, 0.2) is 109 Å². The number of fused-ring (bicyclic) bond motifs is 1. The molecule has 3 N–H and O–H groups in total. The van der Waals surface area contributed by atoms with E-state index < -0.39 is 5.82 Å². The van der Waals surface area contributed by atoms with E-state index in [-0.39, 0.29) is 29.8 Å². The summed E-state index contributed by atoms with van der Waals surface area (Å²) in [5, 5.41) is 15.2. The van der Waals surface area contributed by atoms with Crippen LogP contribution in [0.3, 0.4) is 0 Å². The van der Waals surface area contributed by atoms with E-state index in [9.17, 15) is 9.90 Å². The fourth-order valence-corrected chi connectivity index (χ4v) is 6.78. The van der Waals surface area contributed by atoms with E-state index in [1.54, 1.807) is 42.6 Å². The maximum atomic E-state index is 15.2. The third-order valence-corrected chi connectivity index (χ3v) is 9.35. The monoisotopic (exact) mass is 700 g/mol. The number of nitrogens with zero attached hydrogens (tertiary/aromatic N) is 2. The van der Waals surface area contributed by atoms with Crippen LogP contribution in [0, 0.1) is 25.1 Å². The lowest BCUT2D eigenvalue weighted by Crippen LogP contribution is -2.35. The van der Waals surface area contributed by atoms with Crippen LogP contribution in [0.5, 0.6) is 11.5 Å². The number of benzene rings is 4. The van der Waals surface area contributed by atoms with Gasteiger partial charge in [-0.25, -0.2) is 4.39 Å². The number of aliphatic hydroxyl groups is 1. The van der Waals surface area contributed by atoms with Gasteiger partial charge in [0.2, 0.25) is 5.91 Å². The van der Waals surface area contributed by atoms with Crippen molar-refractivity contribution < 1.29 is 19.0 Å². The van der Waals surface area contributed by atoms with E-state index in [0.717, 1.165) is 48.6 Å². The van der Waals surface area contributed by atoms with Crippen molar-refractivity contribution in [2.24, 2.45) is 0 Å². The van der Waals surface area contributed by atoms with Gasteiger partial charge in [0.15, 0.2) is 16.7 Å². The number of terminal acetylenes is 1. The number of anilines is 2. The predicted octanol–water partition coefficient (Wildman–Crippen LogP) is 8.24. The standard InChI is InChI=1S/C40H33FN4O3S2/c1-3-27-8-10-28(11-9-27)22-38(47)44-40(49)43-31-16-17-35(32(41)23-31)48-36-18-19-42-33-24-37(50-39(33)36)30-14-12-29(13-15-30)25-45(20-21-46)34-7-5-4-6-26(34)2/h1,4-19,23-24,46H,20-22,25H2,2H3,(H2,43,44,47,49). The molecule has 1 amide bonds. The van der Waals surface area contributed by atoms with Gasteiger partial charge in [0.05, 0.1) is 23.2 Å². The molecule has 0 unspecified atom stereocenters. The Morgan fingerprint density at radius 3 is 2.48 bits per heavy atom. The largest absolute Gasteiger partial charge is 0.453 e. The maximum Gasteiger partial charge on any atom is 0.230 e. The molecule has 0 spiro atoms. The summed E-state index contributed by atoms with van der Waals surface area (Å²) in [6.45, 7) is 3.34. The summed E-state index contributed by atoms with van der Waals surface area (Å²) in [5.74, 6) is 2.14. The number of aliphatic hydroxyl groups excluding tert-OH is 1. The fraction of sp³-hybridized carbons (Fsp3) is 0.125. The number of carbonyl (C=O) groups excluding carboxylic acids is 1. The predicted molar refractivity (Wildman–Crippen MR) is 203 cm³/mol. The molecule has 2 aromatic heterocycles. The number of hydrogen-bond acceptors (Lipinski definition) is 7. The average Bonchev–Trinajstić information content (AvgIpc) is 3.55. The lowest BCUT2D eigenvalue weighted by molar-refractivity contribution is -0.119. The minimum atomic E-state index is -0.601. The number of amides is 1. The summed E-state index contributed by atoms with van der Waals surface area (Å²) in [4.78, 5) is 20.1. The highest BCUT2D eigenvalue weighted by atomic mass is 32.1. The Labute approximate surface area is 299 Å². The second kappa shape index (κ2) is 15.7. The Morgan fingerprint density at radius 1 is 1.00 bits per heavy atom. The Kier molecular flexibility index (Phi) is 10.8. The van der Waals surface area contributed by atoms with Gasteiger partial charge < -0.3 is 25.4 Å². The molecule has 0 aliphatic carbocycles. The number of hydrogen-bond donors (Lipinski definition) is 3. The minimum absolute atomic E-state index is 0.0359. The quantitative estimate of drug-likeness (QED) is 0.0928. The molecule has 0 aliphatic rings. The molecule has 6 aromatic rings. The molecule has 0 saturated carbocycles. The van der Waals surface area contributed by atoms with E-state index in [0.29, 0.717) is 24.5 Å². The Balaban J connectivity index is 1.10. The van der Waals surface area contributed by atoms with Crippen LogP contribution in [0.2, 0.25) is 0 Å². The van der Waals surface area contributed by atoms with Gasteiger partial charge in [-0.1, -0.05) is 60.5 Å². The van der Waals surface area contributed by atoms with Crippen molar-refractivity contribution in [3.63, 3.8) is 0 Å². The number of halogens is 1. The molecule has 2 heterocycles. The summed E-state index contributed by atoms with van der Waals surface area (Å²) in [6, 6.07) is 31.7. The SMILES string of the molecule is C#Cc1ccc(CC(=O)NC(=S)Nc2ccc(Oc3ccnc4cc(-c5ccc(CN(CCO)c6ccccc6C)cc5)sc34)c(F)c2)cc1. The van der Waals surface area contributed by atoms with Gasteiger partial charge in [-0.05, 0) is 77.8 Å². The van der Waals surface area contributed by atoms with E-state index in [2.05, 4.69) is 69.8 Å². The lowest BCUT2D eigenvalue weighted by atomic mass is 10.1. The van der Waals surface area contributed by atoms with Crippen molar-refractivity contribution >= 4 is 56.2 Å². The molecule has 250 valence electrons. The molecule has 10 heteroatoms. The second-order valence-corrected chi connectivity index (χ2v) is 13.0. The maximum absolute atomic E-state index is 15.2. The molecule has 7 nitrogen and oxygen atoms in total. The number of thiophene rings is 1. The number of aryl methyl sites for hydroxylation is 1. The highest BCUT2D eigenvalue weighted by molar-refractivity contribution is 7.80. The van der Waals surface area contributed by atoms with Crippen molar-refractivity contribution in [2.45, 2.75) is 19.9 Å². The first-order chi connectivity index (χ1) is 24.3. The zero-order valence-electron chi connectivity index (χ0n) is 27.2. The summed E-state index contributed by atoms with van der Waals surface area (Å²) in [6.07, 6.45) is 7.13. The minimum Gasteiger partial charge on any atom is -0.453 e. The van der Waals surface area contributed by atoms with Crippen LogP contribution >= 0.6 is 23.6 Å². The summed E-state index contributed by atoms with van der Waals surface area (Å²) in [7, 11) is 0. The summed E-state index contributed by atoms with van der Waals surface area (Å²) in [5.41, 5.74) is 7.03. The van der Waals surface area contributed by atoms with E-state index in [1.807, 2.05) is 18.2 Å². The zero-order chi connectivity index (χ0) is 35.0. The van der Waals surface area contributed by atoms with Crippen molar-refractivity contribution in [1.29, 1.82) is 0 Å². The molecular weight excluding hydrogens is 668 g/mol. The molecule has 0 saturated heterocycles. The van der Waals surface area contributed by atoms with Crippen molar-refractivity contribution in [2.75, 3.05) is 23.4 Å².